The van der Waals surface area contributed by atoms with E-state index in [1.54, 1.807) is 12.1 Å². The predicted octanol–water partition coefficient (Wildman–Crippen LogP) is 1.38. The van der Waals surface area contributed by atoms with Gasteiger partial charge in [0.1, 0.15) is 18.5 Å². The first-order chi connectivity index (χ1) is 10.1. The Labute approximate surface area is 130 Å². The van der Waals surface area contributed by atoms with Crippen LogP contribution in [-0.4, -0.2) is 55.8 Å². The fourth-order valence-corrected chi connectivity index (χ4v) is 1.81. The summed E-state index contributed by atoms with van der Waals surface area (Å²) in [5, 5.41) is 22.2. The summed E-state index contributed by atoms with van der Waals surface area (Å²) in [5.41, 5.74) is 0.949. The third-order valence-corrected chi connectivity index (χ3v) is 3.25. The minimum absolute atomic E-state index is 0.0493. The molecule has 0 radical (unpaired) electrons. The summed E-state index contributed by atoms with van der Waals surface area (Å²) in [4.78, 5) is 0. The Morgan fingerprint density at radius 1 is 1.33 bits per heavy atom. The summed E-state index contributed by atoms with van der Waals surface area (Å²) in [6, 6.07) is 5.41. The molecule has 1 atom stereocenters. The second-order valence-corrected chi connectivity index (χ2v) is 5.18. The maximum Gasteiger partial charge on any atom is 0.119 e. The van der Waals surface area contributed by atoms with Gasteiger partial charge in [-0.25, -0.2) is 0 Å². The Balaban J connectivity index is 2.08. The van der Waals surface area contributed by atoms with Crippen LogP contribution in [0.4, 0.5) is 0 Å². The maximum atomic E-state index is 9.80. The van der Waals surface area contributed by atoms with Gasteiger partial charge >= 0.3 is 0 Å². The number of hydrogen-bond donors (Lipinski definition) is 3. The predicted molar refractivity (Wildman–Crippen MR) is 83.1 cm³/mol. The number of aryl methyl sites for hydroxylation is 1. The van der Waals surface area contributed by atoms with Crippen molar-refractivity contribution in [1.29, 1.82) is 0 Å². The zero-order chi connectivity index (χ0) is 15.5. The molecule has 1 rings (SSSR count). The lowest BCUT2D eigenvalue weighted by molar-refractivity contribution is 0.0875. The monoisotopic (exact) mass is 317 g/mol. The van der Waals surface area contributed by atoms with Gasteiger partial charge in [0.05, 0.1) is 13.2 Å². The van der Waals surface area contributed by atoms with E-state index in [2.05, 4.69) is 5.32 Å². The van der Waals surface area contributed by atoms with Crippen LogP contribution >= 0.6 is 11.6 Å². The van der Waals surface area contributed by atoms with Gasteiger partial charge in [-0.2, -0.15) is 0 Å². The largest absolute Gasteiger partial charge is 0.491 e. The van der Waals surface area contributed by atoms with Gasteiger partial charge in [-0.1, -0.05) is 11.6 Å². The van der Waals surface area contributed by atoms with E-state index >= 15 is 0 Å². The van der Waals surface area contributed by atoms with Crippen molar-refractivity contribution in [3.63, 3.8) is 0 Å². The molecule has 3 N–H and O–H groups in total. The molecule has 0 aliphatic rings. The van der Waals surface area contributed by atoms with Crippen molar-refractivity contribution in [2.75, 3.05) is 39.5 Å². The molecule has 5 nitrogen and oxygen atoms in total. The topological polar surface area (TPSA) is 71.0 Å². The number of aliphatic hydroxyl groups excluding tert-OH is 2. The van der Waals surface area contributed by atoms with Gasteiger partial charge < -0.3 is 25.0 Å². The van der Waals surface area contributed by atoms with Crippen molar-refractivity contribution in [3.05, 3.63) is 28.8 Å². The summed E-state index contributed by atoms with van der Waals surface area (Å²) in [5.74, 6) is 0.702. The molecular weight excluding hydrogens is 294 g/mol. The lowest BCUT2D eigenvalue weighted by Gasteiger charge is -2.14. The highest BCUT2D eigenvalue weighted by Gasteiger charge is 2.05. The summed E-state index contributed by atoms with van der Waals surface area (Å²) in [6.45, 7) is 4.38. The molecule has 1 aromatic carbocycles. The molecule has 0 amide bonds. The molecule has 0 bridgehead atoms. The number of aliphatic hydroxyl groups is 2. The number of ether oxygens (including phenoxy) is 2. The number of rotatable bonds is 11. The maximum absolute atomic E-state index is 9.80. The lowest BCUT2D eigenvalue weighted by Crippen LogP contribution is -2.32. The minimum atomic E-state index is -0.570. The number of hydrogen-bond acceptors (Lipinski definition) is 5. The molecule has 1 unspecified atom stereocenters. The van der Waals surface area contributed by atoms with Crippen LogP contribution in [0.3, 0.4) is 0 Å². The van der Waals surface area contributed by atoms with Crippen LogP contribution in [-0.2, 0) is 4.74 Å². The quantitative estimate of drug-likeness (QED) is 0.538. The summed E-state index contributed by atoms with van der Waals surface area (Å²) in [7, 11) is 0. The second kappa shape index (κ2) is 10.8. The minimum Gasteiger partial charge on any atom is -0.491 e. The van der Waals surface area contributed by atoms with Crippen LogP contribution in [0.15, 0.2) is 18.2 Å². The second-order valence-electron chi connectivity index (χ2n) is 4.77. The Hall–Kier alpha value is -0.850. The van der Waals surface area contributed by atoms with Crippen molar-refractivity contribution in [2.45, 2.75) is 19.4 Å². The van der Waals surface area contributed by atoms with E-state index in [0.717, 1.165) is 18.5 Å². The first-order valence-electron chi connectivity index (χ1n) is 7.10. The van der Waals surface area contributed by atoms with E-state index in [-0.39, 0.29) is 13.2 Å². The van der Waals surface area contributed by atoms with Crippen LogP contribution in [0, 0.1) is 6.92 Å². The molecule has 0 saturated heterocycles. The first kappa shape index (κ1) is 18.2. The normalized spacial score (nSPS) is 12.4. The molecule has 0 fully saturated rings. The highest BCUT2D eigenvalue weighted by atomic mass is 35.5. The highest BCUT2D eigenvalue weighted by Crippen LogP contribution is 2.20. The van der Waals surface area contributed by atoms with E-state index in [1.807, 2.05) is 13.0 Å². The van der Waals surface area contributed by atoms with Gasteiger partial charge in [0.15, 0.2) is 0 Å². The summed E-state index contributed by atoms with van der Waals surface area (Å²) >= 11 is 5.93. The number of nitrogens with one attached hydrogen (secondary N) is 1. The van der Waals surface area contributed by atoms with Crippen molar-refractivity contribution < 1.29 is 19.7 Å². The molecule has 120 valence electrons. The standard InChI is InChI=1S/C15H24ClNO4/c1-12-9-14(3-4-15(12)16)21-11-13(19)10-17-5-2-7-20-8-6-18/h3-4,9,13,17-19H,2,5-8,10-11H2,1H3. The Bertz CT molecular complexity index is 403. The fraction of sp³-hybridized carbons (Fsp3) is 0.600. The molecule has 0 heterocycles. The molecule has 0 aliphatic heterocycles. The van der Waals surface area contributed by atoms with E-state index in [1.165, 1.54) is 0 Å². The average molecular weight is 318 g/mol. The van der Waals surface area contributed by atoms with Gasteiger partial charge in [0.2, 0.25) is 0 Å². The zero-order valence-electron chi connectivity index (χ0n) is 12.3. The fourth-order valence-electron chi connectivity index (χ4n) is 1.69. The number of benzene rings is 1. The SMILES string of the molecule is Cc1cc(OCC(O)CNCCCOCCO)ccc1Cl. The lowest BCUT2D eigenvalue weighted by atomic mass is 10.2. The van der Waals surface area contributed by atoms with Crippen molar-refractivity contribution in [3.8, 4) is 5.75 Å². The Kier molecular flexibility index (Phi) is 9.37. The molecule has 1 aromatic rings. The smallest absolute Gasteiger partial charge is 0.119 e. The average Bonchev–Trinajstić information content (AvgIpc) is 2.47. The van der Waals surface area contributed by atoms with Crippen molar-refractivity contribution >= 4 is 11.6 Å². The van der Waals surface area contributed by atoms with Crippen LogP contribution in [0.2, 0.25) is 5.02 Å². The van der Waals surface area contributed by atoms with Crippen LogP contribution in [0.25, 0.3) is 0 Å². The van der Waals surface area contributed by atoms with Gasteiger partial charge in [0, 0.05) is 18.2 Å². The molecule has 0 aliphatic carbocycles. The molecule has 0 aromatic heterocycles. The van der Waals surface area contributed by atoms with Crippen molar-refractivity contribution in [1.82, 2.24) is 5.32 Å². The molecule has 6 heteroatoms. The van der Waals surface area contributed by atoms with E-state index < -0.39 is 6.10 Å². The summed E-state index contributed by atoms with van der Waals surface area (Å²) < 4.78 is 10.6. The third kappa shape index (κ3) is 8.24. The highest BCUT2D eigenvalue weighted by molar-refractivity contribution is 6.31. The molecule has 0 spiro atoms. The van der Waals surface area contributed by atoms with Gasteiger partial charge in [-0.05, 0) is 43.7 Å². The van der Waals surface area contributed by atoms with Gasteiger partial charge in [-0.15, -0.1) is 0 Å². The molecule has 0 saturated carbocycles. The van der Waals surface area contributed by atoms with Gasteiger partial charge in [-0.3, -0.25) is 0 Å². The van der Waals surface area contributed by atoms with E-state index in [9.17, 15) is 5.11 Å². The summed E-state index contributed by atoms with van der Waals surface area (Å²) in [6.07, 6.45) is 0.267. The van der Waals surface area contributed by atoms with Crippen molar-refractivity contribution in [2.24, 2.45) is 0 Å². The van der Waals surface area contributed by atoms with Crippen LogP contribution < -0.4 is 10.1 Å². The Morgan fingerprint density at radius 2 is 2.14 bits per heavy atom. The molecular formula is C15H24ClNO4. The van der Waals surface area contributed by atoms with Crippen LogP contribution in [0.5, 0.6) is 5.75 Å². The Morgan fingerprint density at radius 3 is 2.86 bits per heavy atom. The third-order valence-electron chi connectivity index (χ3n) is 2.83. The number of halogens is 1. The van der Waals surface area contributed by atoms with Crippen LogP contribution in [0.1, 0.15) is 12.0 Å². The van der Waals surface area contributed by atoms with E-state index in [0.29, 0.717) is 30.5 Å². The van der Waals surface area contributed by atoms with Gasteiger partial charge in [0.25, 0.3) is 0 Å². The van der Waals surface area contributed by atoms with E-state index in [4.69, 9.17) is 26.2 Å². The molecule has 21 heavy (non-hydrogen) atoms. The zero-order valence-corrected chi connectivity index (χ0v) is 13.1. The first-order valence-corrected chi connectivity index (χ1v) is 7.47.